The average Bonchev–Trinajstić information content (AvgIpc) is 3.05. The number of ether oxygens (including phenoxy) is 2. The number of nitrogens with one attached hydrogen (secondary N) is 1. The molecule has 4 rings (SSSR count). The molecule has 1 aliphatic heterocycles. The number of methoxy groups -OCH3 is 2. The fourth-order valence-corrected chi connectivity index (χ4v) is 4.50. The third kappa shape index (κ3) is 2.96. The molecular formula is C20H19BrN2O4. The van der Waals surface area contributed by atoms with E-state index in [2.05, 4.69) is 20.9 Å². The standard InChI is InChI=1S/C20H19BrN2O4/c1-26-16-8-10(7-13(21)19(16)27-2)17-18-12(9-15(23-17)20(24)25)11-5-3-4-6-14(11)22-18/h3-8,15,17,22-23H,9H2,1-2H3,(H,24,25)/t15-,17+/m1/s1. The second-order valence-corrected chi connectivity index (χ2v) is 7.46. The van der Waals surface area contributed by atoms with Gasteiger partial charge in [-0.15, -0.1) is 0 Å². The lowest BCUT2D eigenvalue weighted by molar-refractivity contribution is -0.717. The topological polar surface area (TPSA) is 91.0 Å². The van der Waals surface area contributed by atoms with Crippen molar-refractivity contribution in [3.63, 3.8) is 0 Å². The van der Waals surface area contributed by atoms with E-state index in [0.717, 1.165) is 32.2 Å². The number of quaternary nitrogens is 1. The number of hydrogen-bond donors (Lipinski definition) is 2. The van der Waals surface area contributed by atoms with Crippen molar-refractivity contribution in [2.24, 2.45) is 0 Å². The lowest BCUT2D eigenvalue weighted by atomic mass is 9.90. The van der Waals surface area contributed by atoms with E-state index in [1.54, 1.807) is 14.2 Å². The summed E-state index contributed by atoms with van der Waals surface area (Å²) >= 11 is 3.53. The van der Waals surface area contributed by atoms with Gasteiger partial charge in [-0.2, -0.15) is 0 Å². The third-order valence-electron chi connectivity index (χ3n) is 5.12. The Balaban J connectivity index is 1.90. The lowest BCUT2D eigenvalue weighted by Gasteiger charge is -2.29. The van der Waals surface area contributed by atoms with E-state index in [4.69, 9.17) is 9.47 Å². The fraction of sp³-hybridized carbons (Fsp3) is 0.250. The zero-order chi connectivity index (χ0) is 19.1. The zero-order valence-corrected chi connectivity index (χ0v) is 16.5. The minimum absolute atomic E-state index is 0.222. The van der Waals surface area contributed by atoms with Gasteiger partial charge in [0.05, 0.1) is 30.4 Å². The molecular weight excluding hydrogens is 412 g/mol. The van der Waals surface area contributed by atoms with Gasteiger partial charge in [0.25, 0.3) is 0 Å². The highest BCUT2D eigenvalue weighted by molar-refractivity contribution is 9.10. The number of nitrogens with two attached hydrogens (primary N) is 1. The molecule has 2 heterocycles. The summed E-state index contributed by atoms with van der Waals surface area (Å²) in [6.45, 7) is 0. The van der Waals surface area contributed by atoms with Crippen molar-refractivity contribution in [3.05, 3.63) is 57.7 Å². The van der Waals surface area contributed by atoms with Crippen LogP contribution in [0, 0.1) is 0 Å². The summed E-state index contributed by atoms with van der Waals surface area (Å²) in [6, 6.07) is 10.9. The van der Waals surface area contributed by atoms with Crippen LogP contribution in [0.2, 0.25) is 0 Å². The molecule has 27 heavy (non-hydrogen) atoms. The first-order chi connectivity index (χ1) is 13.0. The van der Waals surface area contributed by atoms with Crippen molar-refractivity contribution in [3.8, 4) is 11.5 Å². The molecule has 6 nitrogen and oxygen atoms in total. The monoisotopic (exact) mass is 430 g/mol. The molecule has 0 fully saturated rings. The van der Waals surface area contributed by atoms with Crippen LogP contribution in [0.3, 0.4) is 0 Å². The molecule has 0 unspecified atom stereocenters. The molecule has 0 amide bonds. The number of carbonyl (C=O) groups is 1. The summed E-state index contributed by atoms with van der Waals surface area (Å²) in [5.41, 5.74) is 3.95. The van der Waals surface area contributed by atoms with Gasteiger partial charge in [0.1, 0.15) is 6.04 Å². The number of halogens is 1. The minimum Gasteiger partial charge on any atom is -0.544 e. The second-order valence-electron chi connectivity index (χ2n) is 6.60. The Hall–Kier alpha value is -2.51. The molecule has 7 heteroatoms. The van der Waals surface area contributed by atoms with Gasteiger partial charge in [0, 0.05) is 22.9 Å². The smallest absolute Gasteiger partial charge is 0.174 e. The van der Waals surface area contributed by atoms with E-state index in [-0.39, 0.29) is 6.04 Å². The summed E-state index contributed by atoms with van der Waals surface area (Å²) in [7, 11) is 3.16. The molecule has 1 aromatic heterocycles. The molecule has 2 atom stereocenters. The number of carboxylic acids is 1. The Bertz CT molecular complexity index is 1030. The second kappa shape index (κ2) is 6.90. The first kappa shape index (κ1) is 17.9. The van der Waals surface area contributed by atoms with Crippen LogP contribution >= 0.6 is 15.9 Å². The highest BCUT2D eigenvalue weighted by atomic mass is 79.9. The van der Waals surface area contributed by atoms with Crippen LogP contribution in [0.15, 0.2) is 40.9 Å². The zero-order valence-electron chi connectivity index (χ0n) is 14.9. The van der Waals surface area contributed by atoms with Crippen LogP contribution in [-0.4, -0.2) is 31.2 Å². The van der Waals surface area contributed by atoms with Crippen LogP contribution in [0.5, 0.6) is 11.5 Å². The Morgan fingerprint density at radius 2 is 2.04 bits per heavy atom. The van der Waals surface area contributed by atoms with Crippen LogP contribution in [0.25, 0.3) is 10.9 Å². The van der Waals surface area contributed by atoms with Crippen molar-refractivity contribution in [1.29, 1.82) is 0 Å². The van der Waals surface area contributed by atoms with Gasteiger partial charge in [-0.05, 0) is 39.7 Å². The van der Waals surface area contributed by atoms with Gasteiger partial charge in [0.2, 0.25) is 0 Å². The van der Waals surface area contributed by atoms with E-state index < -0.39 is 12.0 Å². The van der Waals surface area contributed by atoms with E-state index in [1.165, 1.54) is 0 Å². The lowest BCUT2D eigenvalue weighted by Crippen LogP contribution is -2.95. The first-order valence-corrected chi connectivity index (χ1v) is 9.39. The number of para-hydroxylation sites is 1. The molecule has 0 aliphatic carbocycles. The maximum absolute atomic E-state index is 11.7. The Morgan fingerprint density at radius 3 is 2.74 bits per heavy atom. The highest BCUT2D eigenvalue weighted by Gasteiger charge is 2.35. The minimum atomic E-state index is -1.06. The number of aliphatic carboxylic acids is 1. The highest BCUT2D eigenvalue weighted by Crippen LogP contribution is 2.40. The number of benzene rings is 2. The van der Waals surface area contributed by atoms with E-state index >= 15 is 0 Å². The number of carboxylic acid groups (broad SMARTS) is 1. The Morgan fingerprint density at radius 1 is 1.26 bits per heavy atom. The molecule has 0 saturated carbocycles. The average molecular weight is 431 g/mol. The molecule has 3 N–H and O–H groups in total. The maximum atomic E-state index is 11.7. The van der Waals surface area contributed by atoms with Crippen molar-refractivity contribution in [1.82, 2.24) is 4.98 Å². The van der Waals surface area contributed by atoms with Crippen LogP contribution in [-0.2, 0) is 11.2 Å². The van der Waals surface area contributed by atoms with Crippen molar-refractivity contribution in [2.75, 3.05) is 14.2 Å². The van der Waals surface area contributed by atoms with Crippen molar-refractivity contribution >= 4 is 32.8 Å². The van der Waals surface area contributed by atoms with Crippen molar-refractivity contribution in [2.45, 2.75) is 18.5 Å². The number of fused-ring (bicyclic) bond motifs is 3. The van der Waals surface area contributed by atoms with Gasteiger partial charge >= 0.3 is 0 Å². The molecule has 1 aliphatic rings. The van der Waals surface area contributed by atoms with Crippen LogP contribution < -0.4 is 19.9 Å². The predicted octanol–water partition coefficient (Wildman–Crippen LogP) is 1.28. The molecule has 0 bridgehead atoms. The number of H-pyrrole nitrogens is 1. The molecule has 0 saturated heterocycles. The van der Waals surface area contributed by atoms with Crippen LogP contribution in [0.4, 0.5) is 0 Å². The summed E-state index contributed by atoms with van der Waals surface area (Å²) in [5, 5.41) is 14.6. The summed E-state index contributed by atoms with van der Waals surface area (Å²) in [4.78, 5) is 15.2. The van der Waals surface area contributed by atoms with Gasteiger partial charge in [-0.1, -0.05) is 18.2 Å². The van der Waals surface area contributed by atoms with E-state index in [0.29, 0.717) is 17.9 Å². The Labute approximate surface area is 164 Å². The number of carbonyl (C=O) groups excluding carboxylic acids is 1. The van der Waals surface area contributed by atoms with Gasteiger partial charge < -0.3 is 29.7 Å². The van der Waals surface area contributed by atoms with Gasteiger partial charge in [0.15, 0.2) is 17.5 Å². The number of aromatic nitrogens is 1. The summed E-state index contributed by atoms with van der Waals surface area (Å²) < 4.78 is 11.6. The van der Waals surface area contributed by atoms with E-state index in [9.17, 15) is 9.90 Å². The summed E-state index contributed by atoms with van der Waals surface area (Å²) in [5.74, 6) is 0.129. The largest absolute Gasteiger partial charge is 0.544 e. The molecule has 0 spiro atoms. The Kier molecular flexibility index (Phi) is 4.57. The third-order valence-corrected chi connectivity index (χ3v) is 5.71. The summed E-state index contributed by atoms with van der Waals surface area (Å²) in [6.07, 6.45) is 0.423. The first-order valence-electron chi connectivity index (χ1n) is 8.60. The molecule has 0 radical (unpaired) electrons. The maximum Gasteiger partial charge on any atom is 0.174 e. The number of hydrogen-bond acceptors (Lipinski definition) is 4. The fourth-order valence-electron chi connectivity index (χ4n) is 3.88. The number of rotatable bonds is 4. The normalized spacial score (nSPS) is 18.9. The molecule has 2 aromatic carbocycles. The van der Waals surface area contributed by atoms with Gasteiger partial charge in [-0.3, -0.25) is 0 Å². The quantitative estimate of drug-likeness (QED) is 0.651. The molecule has 3 aromatic rings. The predicted molar refractivity (Wildman–Crippen MR) is 102 cm³/mol. The van der Waals surface area contributed by atoms with E-state index in [1.807, 2.05) is 41.7 Å². The SMILES string of the molecule is COc1cc([C@@H]2[NH2+][C@@H](C(=O)[O-])Cc3c2[nH]c2ccccc32)cc(Br)c1OC. The number of aromatic amines is 1. The van der Waals surface area contributed by atoms with Gasteiger partial charge in [-0.25, -0.2) is 0 Å². The van der Waals surface area contributed by atoms with Crippen molar-refractivity contribution < 1.29 is 24.7 Å². The molecule has 140 valence electrons. The van der Waals surface area contributed by atoms with Crippen LogP contribution in [0.1, 0.15) is 22.9 Å².